The van der Waals surface area contributed by atoms with Crippen LogP contribution in [0, 0.1) is 0 Å². The fourth-order valence-electron chi connectivity index (χ4n) is 1.04. The van der Waals surface area contributed by atoms with Crippen molar-refractivity contribution in [1.29, 1.82) is 0 Å². The topological polar surface area (TPSA) is 38.9 Å². The van der Waals surface area contributed by atoms with Gasteiger partial charge >= 0.3 is 0 Å². The van der Waals surface area contributed by atoms with Crippen molar-refractivity contribution in [3.63, 3.8) is 0 Å². The highest BCUT2D eigenvalue weighted by atomic mass is 35.5. The molecule has 0 spiro atoms. The third-order valence-electron chi connectivity index (χ3n) is 1.70. The first-order valence-corrected chi connectivity index (χ1v) is 5.85. The Morgan fingerprint density at radius 3 is 2.92 bits per heavy atom. The van der Waals surface area contributed by atoms with Gasteiger partial charge in [-0.1, -0.05) is 11.6 Å². The van der Waals surface area contributed by atoms with Crippen molar-refractivity contribution in [3.8, 4) is 0 Å². The van der Waals surface area contributed by atoms with Crippen LogP contribution in [-0.4, -0.2) is 4.98 Å². The van der Waals surface area contributed by atoms with Gasteiger partial charge in [0.05, 0.1) is 22.3 Å². The number of rotatable bonds is 2. The highest BCUT2D eigenvalue weighted by Crippen LogP contribution is 2.30. The van der Waals surface area contributed by atoms with Crippen LogP contribution in [0.1, 0.15) is 16.6 Å². The van der Waals surface area contributed by atoms with E-state index in [-0.39, 0.29) is 6.04 Å². The van der Waals surface area contributed by atoms with Crippen LogP contribution in [0.15, 0.2) is 22.3 Å². The van der Waals surface area contributed by atoms with Gasteiger partial charge in [0.2, 0.25) is 0 Å². The molecule has 0 aliphatic rings. The van der Waals surface area contributed by atoms with Gasteiger partial charge in [0.25, 0.3) is 0 Å². The third-order valence-corrected chi connectivity index (χ3v) is 3.74. The lowest BCUT2D eigenvalue weighted by molar-refractivity contribution is 0.858. The molecule has 1 atom stereocenters. The van der Waals surface area contributed by atoms with Gasteiger partial charge in [0.1, 0.15) is 0 Å². The van der Waals surface area contributed by atoms with Crippen LogP contribution in [0.3, 0.4) is 0 Å². The molecule has 1 unspecified atom stereocenters. The normalized spacial score (nSPS) is 13.1. The summed E-state index contributed by atoms with van der Waals surface area (Å²) in [6.07, 6.45) is 0. The van der Waals surface area contributed by atoms with Gasteiger partial charge in [-0.2, -0.15) is 0 Å². The summed E-state index contributed by atoms with van der Waals surface area (Å²) >= 11 is 9.06. The van der Waals surface area contributed by atoms with Gasteiger partial charge < -0.3 is 5.73 Å². The largest absolute Gasteiger partial charge is 0.318 e. The Kier molecular flexibility index (Phi) is 2.64. The summed E-state index contributed by atoms with van der Waals surface area (Å²) in [5.41, 5.74) is 8.63. The zero-order chi connectivity index (χ0) is 9.26. The molecule has 0 bridgehead atoms. The van der Waals surface area contributed by atoms with E-state index in [4.69, 9.17) is 17.3 Å². The van der Waals surface area contributed by atoms with Crippen LogP contribution in [0.2, 0.25) is 5.02 Å². The summed E-state index contributed by atoms with van der Waals surface area (Å²) in [5.74, 6) is 0. The monoisotopic (exact) mass is 230 g/mol. The fourth-order valence-corrected chi connectivity index (χ4v) is 2.82. The summed E-state index contributed by atoms with van der Waals surface area (Å²) in [6, 6.07) is 1.67. The molecule has 0 radical (unpaired) electrons. The van der Waals surface area contributed by atoms with E-state index in [0.717, 1.165) is 15.6 Å². The summed E-state index contributed by atoms with van der Waals surface area (Å²) in [6.45, 7) is 0. The van der Waals surface area contributed by atoms with Gasteiger partial charge in [0.15, 0.2) is 0 Å². The predicted molar refractivity (Wildman–Crippen MR) is 57.5 cm³/mol. The van der Waals surface area contributed by atoms with Crippen molar-refractivity contribution in [2.24, 2.45) is 5.73 Å². The lowest BCUT2D eigenvalue weighted by Crippen LogP contribution is -2.10. The van der Waals surface area contributed by atoms with E-state index in [9.17, 15) is 0 Å². The average Bonchev–Trinajstić information content (AvgIpc) is 2.72. The Hall–Kier alpha value is -0.420. The molecule has 5 heteroatoms. The SMILES string of the molecule is NC(c1cscn1)c1sccc1Cl. The number of hydrogen-bond donors (Lipinski definition) is 1. The van der Waals surface area contributed by atoms with Crippen molar-refractivity contribution >= 4 is 34.3 Å². The molecule has 0 saturated carbocycles. The molecule has 0 amide bonds. The van der Waals surface area contributed by atoms with E-state index >= 15 is 0 Å². The predicted octanol–water partition coefficient (Wildman–Crippen LogP) is 2.91. The highest BCUT2D eigenvalue weighted by molar-refractivity contribution is 7.10. The molecule has 0 aromatic carbocycles. The molecule has 68 valence electrons. The van der Waals surface area contributed by atoms with E-state index in [2.05, 4.69) is 4.98 Å². The third kappa shape index (κ3) is 1.76. The van der Waals surface area contributed by atoms with Crippen molar-refractivity contribution in [2.75, 3.05) is 0 Å². The van der Waals surface area contributed by atoms with Crippen molar-refractivity contribution in [2.45, 2.75) is 6.04 Å². The standard InChI is InChI=1S/C8H7ClN2S2/c9-5-1-2-13-8(5)7(10)6-3-12-4-11-6/h1-4,7H,10H2. The first kappa shape index (κ1) is 9.15. The molecule has 13 heavy (non-hydrogen) atoms. The molecule has 2 aromatic rings. The first-order chi connectivity index (χ1) is 6.29. The first-order valence-electron chi connectivity index (χ1n) is 3.65. The van der Waals surface area contributed by atoms with E-state index in [1.165, 1.54) is 0 Å². The maximum Gasteiger partial charge on any atom is 0.0843 e. The van der Waals surface area contributed by atoms with Crippen molar-refractivity contribution < 1.29 is 0 Å². The Bertz CT molecular complexity index is 383. The zero-order valence-corrected chi connectivity index (χ0v) is 8.99. The van der Waals surface area contributed by atoms with Gasteiger partial charge in [0, 0.05) is 10.3 Å². The lowest BCUT2D eigenvalue weighted by Gasteiger charge is -2.06. The Labute approximate surface area is 89.0 Å². The maximum atomic E-state index is 5.98. The summed E-state index contributed by atoms with van der Waals surface area (Å²) in [7, 11) is 0. The van der Waals surface area contributed by atoms with Gasteiger partial charge in [-0.05, 0) is 11.4 Å². The van der Waals surface area contributed by atoms with Gasteiger partial charge in [-0.15, -0.1) is 22.7 Å². The molecular formula is C8H7ClN2S2. The minimum absolute atomic E-state index is 0.182. The number of nitrogens with zero attached hydrogens (tertiary/aromatic N) is 1. The summed E-state index contributed by atoms with van der Waals surface area (Å²) in [4.78, 5) is 5.13. The average molecular weight is 231 g/mol. The second-order valence-corrected chi connectivity index (χ2v) is 4.60. The minimum Gasteiger partial charge on any atom is -0.318 e. The van der Waals surface area contributed by atoms with Gasteiger partial charge in [-0.25, -0.2) is 4.98 Å². The van der Waals surface area contributed by atoms with E-state index in [0.29, 0.717) is 0 Å². The van der Waals surface area contributed by atoms with Crippen LogP contribution < -0.4 is 5.73 Å². The van der Waals surface area contributed by atoms with Gasteiger partial charge in [-0.3, -0.25) is 0 Å². The Morgan fingerprint density at radius 2 is 2.38 bits per heavy atom. The number of hydrogen-bond acceptors (Lipinski definition) is 4. The minimum atomic E-state index is -0.182. The van der Waals surface area contributed by atoms with Crippen molar-refractivity contribution in [1.82, 2.24) is 4.98 Å². The maximum absolute atomic E-state index is 5.98. The number of nitrogens with two attached hydrogens (primary N) is 1. The quantitative estimate of drug-likeness (QED) is 0.862. The van der Waals surface area contributed by atoms with Crippen LogP contribution in [0.25, 0.3) is 0 Å². The van der Waals surface area contributed by atoms with E-state index in [1.54, 1.807) is 28.2 Å². The van der Waals surface area contributed by atoms with E-state index < -0.39 is 0 Å². The number of thiophene rings is 1. The molecular weight excluding hydrogens is 224 g/mol. The number of aromatic nitrogens is 1. The highest BCUT2D eigenvalue weighted by Gasteiger charge is 2.14. The second-order valence-electron chi connectivity index (χ2n) is 2.52. The Morgan fingerprint density at radius 1 is 1.54 bits per heavy atom. The Balaban J connectivity index is 2.33. The smallest absolute Gasteiger partial charge is 0.0843 e. The van der Waals surface area contributed by atoms with E-state index in [1.807, 2.05) is 16.8 Å². The zero-order valence-electron chi connectivity index (χ0n) is 6.61. The lowest BCUT2D eigenvalue weighted by atomic mass is 10.2. The fraction of sp³-hybridized carbons (Fsp3) is 0.125. The van der Waals surface area contributed by atoms with Crippen LogP contribution in [0.5, 0.6) is 0 Å². The number of thiazole rings is 1. The summed E-state index contributed by atoms with van der Waals surface area (Å²) in [5, 5.41) is 4.61. The second kappa shape index (κ2) is 3.75. The van der Waals surface area contributed by atoms with Crippen LogP contribution >= 0.6 is 34.3 Å². The molecule has 0 aliphatic heterocycles. The molecule has 0 fully saturated rings. The molecule has 2 rings (SSSR count). The van der Waals surface area contributed by atoms with Crippen LogP contribution in [0.4, 0.5) is 0 Å². The molecule has 0 aliphatic carbocycles. The molecule has 2 heterocycles. The van der Waals surface area contributed by atoms with Crippen molar-refractivity contribution in [3.05, 3.63) is 37.9 Å². The molecule has 2 nitrogen and oxygen atoms in total. The molecule has 2 aromatic heterocycles. The molecule has 0 saturated heterocycles. The van der Waals surface area contributed by atoms with Crippen LogP contribution in [-0.2, 0) is 0 Å². The molecule has 2 N–H and O–H groups in total. The summed E-state index contributed by atoms with van der Waals surface area (Å²) < 4.78 is 0. The number of halogens is 1.